The molecule has 0 bridgehead atoms. The van der Waals surface area contributed by atoms with Gasteiger partial charge in [-0.1, -0.05) is 36.4 Å². The van der Waals surface area contributed by atoms with Crippen LogP contribution in [0, 0.1) is 0 Å². The van der Waals surface area contributed by atoms with E-state index in [0.717, 1.165) is 21.7 Å². The van der Waals surface area contributed by atoms with Gasteiger partial charge in [-0.25, -0.2) is 9.78 Å². The van der Waals surface area contributed by atoms with Crippen molar-refractivity contribution in [2.75, 3.05) is 0 Å². The minimum Gasteiger partial charge on any atom is -0.244 e. The monoisotopic (exact) mass is 291 g/mol. The number of hydrogen-bond donors (Lipinski definition) is 0. The largest absolute Gasteiger partial charge is 0.368 e. The topological polar surface area (TPSA) is 54.7 Å². The van der Waals surface area contributed by atoms with E-state index in [1.165, 1.54) is 11.3 Å². The Morgan fingerprint density at radius 3 is 2.57 bits per heavy atom. The summed E-state index contributed by atoms with van der Waals surface area (Å²) in [7, 11) is 0. The molecule has 0 spiro atoms. The van der Waals surface area contributed by atoms with Crippen molar-refractivity contribution in [1.82, 2.24) is 4.98 Å². The van der Waals surface area contributed by atoms with Crippen LogP contribution in [-0.2, 0) is 0 Å². The van der Waals surface area contributed by atoms with Crippen LogP contribution in [0.2, 0.25) is 0 Å². The molecule has 0 atom stereocenters. The minimum absolute atomic E-state index is 0.451. The average molecular weight is 291 g/mol. The maximum absolute atomic E-state index is 11.5. The lowest BCUT2D eigenvalue weighted by molar-refractivity contribution is 0.256. The van der Waals surface area contributed by atoms with Crippen LogP contribution in [-0.4, -0.2) is 11.0 Å². The quantitative estimate of drug-likeness (QED) is 0.729. The summed E-state index contributed by atoms with van der Waals surface area (Å²) in [5, 5.41) is 4.00. The Morgan fingerprint density at radius 1 is 0.952 bits per heavy atom. The number of carbonyl (C=O) groups excluding carboxylic acids is 1. The van der Waals surface area contributed by atoms with Crippen molar-refractivity contribution in [3.63, 3.8) is 0 Å². The number of nitrogens with zero attached hydrogens (tertiary/aromatic N) is 3. The molecule has 2 heterocycles. The molecule has 100 valence electrons. The van der Waals surface area contributed by atoms with Gasteiger partial charge in [0.15, 0.2) is 0 Å². The lowest BCUT2D eigenvalue weighted by Gasteiger charge is -2.07. The molecule has 0 fully saturated rings. The first kappa shape index (κ1) is 12.1. The number of rotatable bonds is 2. The summed E-state index contributed by atoms with van der Waals surface area (Å²) in [5.41, 5.74) is 2.96. The lowest BCUT2D eigenvalue weighted by Crippen LogP contribution is -2.24. The smallest absolute Gasteiger partial charge is 0.244 e. The molecule has 1 aliphatic heterocycles. The summed E-state index contributed by atoms with van der Waals surface area (Å²) < 4.78 is 0. The van der Waals surface area contributed by atoms with Crippen LogP contribution >= 0.6 is 11.3 Å². The first-order valence-electron chi connectivity index (χ1n) is 6.42. The summed E-state index contributed by atoms with van der Waals surface area (Å²) in [4.78, 5) is 23.9. The maximum atomic E-state index is 11.5. The van der Waals surface area contributed by atoms with Gasteiger partial charge in [-0.05, 0) is 17.2 Å². The Balaban J connectivity index is 2.11. The highest BCUT2D eigenvalue weighted by molar-refractivity contribution is 7.13. The third-order valence-electron chi connectivity index (χ3n) is 3.31. The van der Waals surface area contributed by atoms with Gasteiger partial charge in [0, 0.05) is 17.1 Å². The highest BCUT2D eigenvalue weighted by Crippen LogP contribution is 2.29. The van der Waals surface area contributed by atoms with Gasteiger partial charge in [0.1, 0.15) is 10.4 Å². The summed E-state index contributed by atoms with van der Waals surface area (Å²) in [6.45, 7) is 0. The standard InChI is InChI=1S/C16H9N3OS/c20-16-18-12-7-6-11(10-4-2-1-3-5-10)13(14(12)19-16)15-17-8-9-21-15/h1-9H. The van der Waals surface area contributed by atoms with Crippen molar-refractivity contribution in [2.24, 2.45) is 9.98 Å². The summed E-state index contributed by atoms with van der Waals surface area (Å²) >= 11 is 1.53. The molecule has 2 amide bonds. The molecular formula is C16H9N3OS. The van der Waals surface area contributed by atoms with Crippen LogP contribution in [0.15, 0.2) is 64.0 Å². The van der Waals surface area contributed by atoms with Crippen molar-refractivity contribution in [3.8, 4) is 21.7 Å². The Hall–Kier alpha value is -2.66. The number of amides is 2. The van der Waals surface area contributed by atoms with Crippen molar-refractivity contribution in [2.45, 2.75) is 0 Å². The Bertz CT molecular complexity index is 947. The van der Waals surface area contributed by atoms with E-state index in [4.69, 9.17) is 0 Å². The van der Waals surface area contributed by atoms with Gasteiger partial charge in [0.05, 0.1) is 5.36 Å². The zero-order chi connectivity index (χ0) is 14.2. The minimum atomic E-state index is -0.451. The Morgan fingerprint density at radius 2 is 1.81 bits per heavy atom. The van der Waals surface area contributed by atoms with E-state index in [-0.39, 0.29) is 0 Å². The van der Waals surface area contributed by atoms with Crippen LogP contribution in [0.5, 0.6) is 0 Å². The highest BCUT2D eigenvalue weighted by atomic mass is 32.1. The normalized spacial score (nSPS) is 12.7. The van der Waals surface area contributed by atoms with E-state index in [1.807, 2.05) is 47.8 Å². The van der Waals surface area contributed by atoms with E-state index in [2.05, 4.69) is 15.0 Å². The molecule has 3 aromatic rings. The van der Waals surface area contributed by atoms with E-state index in [9.17, 15) is 4.79 Å². The number of hydrogen-bond acceptors (Lipinski definition) is 3. The van der Waals surface area contributed by atoms with E-state index < -0.39 is 6.03 Å². The Labute approximate surface area is 124 Å². The van der Waals surface area contributed by atoms with Gasteiger partial charge in [-0.2, -0.15) is 9.98 Å². The van der Waals surface area contributed by atoms with Crippen LogP contribution < -0.4 is 10.7 Å². The first-order valence-corrected chi connectivity index (χ1v) is 7.30. The molecule has 0 radical (unpaired) electrons. The molecule has 0 saturated carbocycles. The molecule has 1 aliphatic rings. The third-order valence-corrected chi connectivity index (χ3v) is 4.10. The molecule has 1 aromatic heterocycles. The average Bonchev–Trinajstić information content (AvgIpc) is 3.15. The fourth-order valence-corrected chi connectivity index (χ4v) is 3.13. The van der Waals surface area contributed by atoms with E-state index in [1.54, 1.807) is 6.20 Å². The number of thiazole rings is 1. The Kier molecular flexibility index (Phi) is 2.72. The predicted molar refractivity (Wildman–Crippen MR) is 80.7 cm³/mol. The molecule has 0 saturated heterocycles. The molecule has 5 heteroatoms. The molecule has 21 heavy (non-hydrogen) atoms. The first-order chi connectivity index (χ1) is 10.3. The SMILES string of the molecule is O=C1N=c2ccc(-c3ccccc3)c(-c3nccs3)c2=N1. The molecule has 0 unspecified atom stereocenters. The second-order valence-corrected chi connectivity index (χ2v) is 5.46. The number of benzene rings is 2. The van der Waals surface area contributed by atoms with Crippen LogP contribution in [0.4, 0.5) is 4.79 Å². The number of urea groups is 1. The van der Waals surface area contributed by atoms with E-state index in [0.29, 0.717) is 10.7 Å². The number of aromatic nitrogens is 1. The fourth-order valence-electron chi connectivity index (χ4n) is 2.43. The van der Waals surface area contributed by atoms with Gasteiger partial charge in [0.2, 0.25) is 0 Å². The number of carbonyl (C=O) groups is 1. The zero-order valence-corrected chi connectivity index (χ0v) is 11.7. The van der Waals surface area contributed by atoms with Crippen LogP contribution in [0.25, 0.3) is 21.7 Å². The van der Waals surface area contributed by atoms with Gasteiger partial charge in [0.25, 0.3) is 0 Å². The zero-order valence-electron chi connectivity index (χ0n) is 10.9. The summed E-state index contributed by atoms with van der Waals surface area (Å²) in [6, 6.07) is 13.4. The van der Waals surface area contributed by atoms with E-state index >= 15 is 0 Å². The second-order valence-electron chi connectivity index (χ2n) is 4.57. The molecule has 4 nitrogen and oxygen atoms in total. The highest BCUT2D eigenvalue weighted by Gasteiger charge is 2.17. The lowest BCUT2D eigenvalue weighted by atomic mass is 9.99. The molecular weight excluding hydrogens is 282 g/mol. The van der Waals surface area contributed by atoms with Gasteiger partial charge in [-0.3, -0.25) is 0 Å². The molecule has 4 rings (SSSR count). The van der Waals surface area contributed by atoms with Crippen molar-refractivity contribution < 1.29 is 4.79 Å². The van der Waals surface area contributed by atoms with Crippen molar-refractivity contribution >= 4 is 17.4 Å². The fraction of sp³-hybridized carbons (Fsp3) is 0. The van der Waals surface area contributed by atoms with Gasteiger partial charge < -0.3 is 0 Å². The van der Waals surface area contributed by atoms with Crippen LogP contribution in [0.1, 0.15) is 0 Å². The van der Waals surface area contributed by atoms with Crippen molar-refractivity contribution in [1.29, 1.82) is 0 Å². The van der Waals surface area contributed by atoms with Gasteiger partial charge >= 0.3 is 6.03 Å². The molecule has 0 aliphatic carbocycles. The predicted octanol–water partition coefficient (Wildman–Crippen LogP) is 2.85. The third kappa shape index (κ3) is 1.98. The number of fused-ring (bicyclic) bond motifs is 1. The van der Waals surface area contributed by atoms with Crippen LogP contribution in [0.3, 0.4) is 0 Å². The van der Waals surface area contributed by atoms with Crippen molar-refractivity contribution in [3.05, 3.63) is 64.8 Å². The maximum Gasteiger partial charge on any atom is 0.368 e. The second kappa shape index (κ2) is 4.71. The van der Waals surface area contributed by atoms with Gasteiger partial charge in [-0.15, -0.1) is 11.3 Å². The molecule has 2 aromatic carbocycles. The molecule has 0 N–H and O–H groups in total. The summed E-state index contributed by atoms with van der Waals surface area (Å²) in [6.07, 6.45) is 1.75. The summed E-state index contributed by atoms with van der Waals surface area (Å²) in [5.74, 6) is 0.